The Morgan fingerprint density at radius 1 is 1.03 bits per heavy atom. The lowest BCUT2D eigenvalue weighted by Crippen LogP contribution is -2.46. The average Bonchev–Trinajstić information content (AvgIpc) is 3.49. The SMILES string of the molecule is CC(C)(C)OC(=O)N(c1ccc(-n2c(-c3ccccn3)cc3c(N4CCCC4=O)ncnc32)cc1)C1CCC1. The first-order valence-electron chi connectivity index (χ1n) is 13.5. The van der Waals surface area contributed by atoms with Gasteiger partial charge in [-0.15, -0.1) is 0 Å². The second kappa shape index (κ2) is 9.80. The van der Waals surface area contributed by atoms with Crippen LogP contribution in [-0.2, 0) is 9.53 Å². The van der Waals surface area contributed by atoms with E-state index >= 15 is 0 Å². The highest BCUT2D eigenvalue weighted by molar-refractivity contribution is 6.03. The van der Waals surface area contributed by atoms with E-state index in [4.69, 9.17) is 4.74 Å². The molecule has 200 valence electrons. The van der Waals surface area contributed by atoms with Crippen molar-refractivity contribution in [2.75, 3.05) is 16.3 Å². The molecule has 2 amide bonds. The van der Waals surface area contributed by atoms with Gasteiger partial charge in [0, 0.05) is 36.6 Å². The van der Waals surface area contributed by atoms with Crippen LogP contribution in [0.25, 0.3) is 28.1 Å². The molecule has 0 radical (unpaired) electrons. The molecule has 39 heavy (non-hydrogen) atoms. The number of hydrogen-bond donors (Lipinski definition) is 0. The van der Waals surface area contributed by atoms with Crippen LogP contribution in [0.3, 0.4) is 0 Å². The summed E-state index contributed by atoms with van der Waals surface area (Å²) in [6.45, 7) is 6.30. The molecule has 2 fully saturated rings. The number of benzene rings is 1. The molecule has 2 aliphatic rings. The molecule has 6 rings (SSSR count). The molecule has 0 atom stereocenters. The number of aromatic nitrogens is 4. The molecule has 1 aromatic carbocycles. The van der Waals surface area contributed by atoms with Gasteiger partial charge in [0.2, 0.25) is 5.91 Å². The lowest BCUT2D eigenvalue weighted by molar-refractivity contribution is -0.117. The van der Waals surface area contributed by atoms with Crippen LogP contribution in [0.4, 0.5) is 16.3 Å². The predicted molar refractivity (Wildman–Crippen MR) is 150 cm³/mol. The Hall–Kier alpha value is -4.27. The first-order chi connectivity index (χ1) is 18.8. The molecule has 9 heteroatoms. The Morgan fingerprint density at radius 2 is 1.82 bits per heavy atom. The summed E-state index contributed by atoms with van der Waals surface area (Å²) in [6.07, 6.45) is 7.31. The van der Waals surface area contributed by atoms with Crippen LogP contribution in [-0.4, -0.2) is 49.7 Å². The van der Waals surface area contributed by atoms with Crippen LogP contribution < -0.4 is 9.80 Å². The number of amides is 2. The van der Waals surface area contributed by atoms with E-state index in [0.717, 1.165) is 53.8 Å². The van der Waals surface area contributed by atoms with E-state index < -0.39 is 5.60 Å². The number of rotatable bonds is 5. The zero-order valence-corrected chi connectivity index (χ0v) is 22.5. The number of carbonyl (C=O) groups is 2. The van der Waals surface area contributed by atoms with Crippen LogP contribution in [0, 0.1) is 0 Å². The maximum absolute atomic E-state index is 13.2. The summed E-state index contributed by atoms with van der Waals surface area (Å²) in [5.74, 6) is 0.695. The van der Waals surface area contributed by atoms with Gasteiger partial charge in [-0.2, -0.15) is 0 Å². The monoisotopic (exact) mass is 524 g/mol. The third-order valence-electron chi connectivity index (χ3n) is 7.25. The summed E-state index contributed by atoms with van der Waals surface area (Å²) in [4.78, 5) is 43.0. The van der Waals surface area contributed by atoms with Gasteiger partial charge < -0.3 is 4.74 Å². The van der Waals surface area contributed by atoms with Crippen molar-refractivity contribution in [1.29, 1.82) is 0 Å². The molecule has 0 N–H and O–H groups in total. The van der Waals surface area contributed by atoms with Gasteiger partial charge in [-0.3, -0.25) is 24.1 Å². The summed E-state index contributed by atoms with van der Waals surface area (Å²) in [5, 5.41) is 0.794. The van der Waals surface area contributed by atoms with E-state index in [1.54, 1.807) is 16.0 Å². The van der Waals surface area contributed by atoms with Crippen LogP contribution in [0.15, 0.2) is 61.1 Å². The molecule has 1 aliphatic carbocycles. The summed E-state index contributed by atoms with van der Waals surface area (Å²) < 4.78 is 7.78. The first kappa shape index (κ1) is 25.0. The van der Waals surface area contributed by atoms with Crippen molar-refractivity contribution >= 4 is 34.5 Å². The number of hydrogen-bond acceptors (Lipinski definition) is 6. The van der Waals surface area contributed by atoms with E-state index in [1.165, 1.54) is 6.33 Å². The number of anilines is 2. The first-order valence-corrected chi connectivity index (χ1v) is 13.5. The molecular formula is C30H32N6O3. The predicted octanol–water partition coefficient (Wildman–Crippen LogP) is 5.90. The van der Waals surface area contributed by atoms with Gasteiger partial charge in [0.05, 0.1) is 16.8 Å². The largest absolute Gasteiger partial charge is 0.443 e. The number of ether oxygens (including phenoxy) is 1. The number of nitrogens with zero attached hydrogens (tertiary/aromatic N) is 6. The number of fused-ring (bicyclic) bond motifs is 1. The fourth-order valence-corrected chi connectivity index (χ4v) is 5.23. The molecule has 0 bridgehead atoms. The van der Waals surface area contributed by atoms with Crippen molar-refractivity contribution in [3.8, 4) is 17.1 Å². The minimum atomic E-state index is -0.575. The van der Waals surface area contributed by atoms with Crippen LogP contribution >= 0.6 is 0 Å². The average molecular weight is 525 g/mol. The van der Waals surface area contributed by atoms with Gasteiger partial charge in [-0.05, 0) is 88.9 Å². The standard InChI is InChI=1S/C30H32N6O3/c1-30(2,3)39-29(38)35(20-8-6-9-20)21-12-14-22(15-13-21)36-25(24-10-4-5-16-31-24)18-23-27(32-19-33-28(23)36)34-17-7-11-26(34)37/h4-5,10,12-16,18-20H,6-9,11,17H2,1-3H3. The van der Waals surface area contributed by atoms with Crippen molar-refractivity contribution in [2.24, 2.45) is 0 Å². The fraction of sp³-hybridized carbons (Fsp3) is 0.367. The zero-order valence-electron chi connectivity index (χ0n) is 22.5. The third kappa shape index (κ3) is 4.73. The summed E-state index contributed by atoms with van der Waals surface area (Å²) in [6, 6.07) is 15.8. The highest BCUT2D eigenvalue weighted by Gasteiger charge is 2.33. The topological polar surface area (TPSA) is 93.5 Å². The van der Waals surface area contributed by atoms with Crippen molar-refractivity contribution in [3.05, 3.63) is 61.1 Å². The molecule has 4 heterocycles. The highest BCUT2D eigenvalue weighted by atomic mass is 16.6. The second-order valence-electron chi connectivity index (χ2n) is 11.1. The third-order valence-corrected chi connectivity index (χ3v) is 7.25. The molecule has 0 unspecified atom stereocenters. The van der Waals surface area contributed by atoms with Gasteiger partial charge >= 0.3 is 6.09 Å². The maximum atomic E-state index is 13.2. The smallest absolute Gasteiger partial charge is 0.415 e. The fourth-order valence-electron chi connectivity index (χ4n) is 5.23. The number of carbonyl (C=O) groups excluding carboxylic acids is 2. The van der Waals surface area contributed by atoms with Crippen LogP contribution in [0.2, 0.25) is 0 Å². The molecule has 1 aliphatic heterocycles. The van der Waals surface area contributed by atoms with E-state index in [2.05, 4.69) is 15.0 Å². The molecular weight excluding hydrogens is 492 g/mol. The molecule has 9 nitrogen and oxygen atoms in total. The second-order valence-corrected chi connectivity index (χ2v) is 11.1. The normalized spacial score (nSPS) is 16.0. The van der Waals surface area contributed by atoms with Crippen molar-refractivity contribution in [3.63, 3.8) is 0 Å². The Morgan fingerprint density at radius 3 is 2.44 bits per heavy atom. The quantitative estimate of drug-likeness (QED) is 0.323. The lowest BCUT2D eigenvalue weighted by Gasteiger charge is -2.38. The summed E-state index contributed by atoms with van der Waals surface area (Å²) in [5.41, 5.74) is 3.40. The van der Waals surface area contributed by atoms with Crippen LogP contribution in [0.1, 0.15) is 52.9 Å². The molecule has 1 saturated carbocycles. The van der Waals surface area contributed by atoms with E-state index in [1.807, 2.05) is 73.9 Å². The Balaban J connectivity index is 1.45. The molecule has 0 spiro atoms. The van der Waals surface area contributed by atoms with Gasteiger partial charge in [-0.1, -0.05) is 6.07 Å². The highest BCUT2D eigenvalue weighted by Crippen LogP contribution is 2.36. The molecule has 4 aromatic rings. The summed E-state index contributed by atoms with van der Waals surface area (Å²) in [7, 11) is 0. The zero-order chi connectivity index (χ0) is 27.1. The van der Waals surface area contributed by atoms with Crippen LogP contribution in [0.5, 0.6) is 0 Å². The Bertz CT molecular complexity index is 1520. The van der Waals surface area contributed by atoms with E-state index in [9.17, 15) is 9.59 Å². The molecule has 3 aromatic heterocycles. The van der Waals surface area contributed by atoms with Gasteiger partial charge in [0.1, 0.15) is 17.7 Å². The van der Waals surface area contributed by atoms with Crippen molar-refractivity contribution < 1.29 is 14.3 Å². The Kier molecular flexibility index (Phi) is 6.29. The van der Waals surface area contributed by atoms with Crippen molar-refractivity contribution in [1.82, 2.24) is 19.5 Å². The van der Waals surface area contributed by atoms with E-state index in [0.29, 0.717) is 24.4 Å². The summed E-state index contributed by atoms with van der Waals surface area (Å²) >= 11 is 0. The maximum Gasteiger partial charge on any atom is 0.415 e. The van der Waals surface area contributed by atoms with E-state index in [-0.39, 0.29) is 18.0 Å². The minimum Gasteiger partial charge on any atom is -0.443 e. The lowest BCUT2D eigenvalue weighted by atomic mass is 9.91. The minimum absolute atomic E-state index is 0.0738. The molecule has 1 saturated heterocycles. The van der Waals surface area contributed by atoms with Gasteiger partial charge in [0.15, 0.2) is 5.65 Å². The van der Waals surface area contributed by atoms with Gasteiger partial charge in [-0.25, -0.2) is 14.8 Å². The van der Waals surface area contributed by atoms with Crippen molar-refractivity contribution in [2.45, 2.75) is 64.5 Å². The Labute approximate surface area is 227 Å². The van der Waals surface area contributed by atoms with Gasteiger partial charge in [0.25, 0.3) is 0 Å². The number of pyridine rings is 1.